The lowest BCUT2D eigenvalue weighted by atomic mass is 10.2. The zero-order chi connectivity index (χ0) is 16.9. The Morgan fingerprint density at radius 1 is 1.12 bits per heavy atom. The highest BCUT2D eigenvalue weighted by Gasteiger charge is 2.45. The number of hydrogen-bond donors (Lipinski definition) is 0. The second-order valence-electron chi connectivity index (χ2n) is 5.66. The Labute approximate surface area is 141 Å². The van der Waals surface area contributed by atoms with Gasteiger partial charge in [0.15, 0.2) is 6.10 Å². The van der Waals surface area contributed by atoms with Crippen molar-refractivity contribution in [3.63, 3.8) is 0 Å². The van der Waals surface area contributed by atoms with Gasteiger partial charge in [-0.3, -0.25) is 0 Å². The average Bonchev–Trinajstić information content (AvgIpc) is 3.43. The van der Waals surface area contributed by atoms with E-state index in [1.165, 1.54) is 7.11 Å². The van der Waals surface area contributed by atoms with Crippen molar-refractivity contribution in [1.82, 2.24) is 0 Å². The van der Waals surface area contributed by atoms with Crippen LogP contribution in [0.3, 0.4) is 0 Å². The molecule has 126 valence electrons. The molecule has 1 heterocycles. The number of ether oxygens (including phenoxy) is 3. The third kappa shape index (κ3) is 3.68. The normalized spacial score (nSPS) is 17.2. The summed E-state index contributed by atoms with van der Waals surface area (Å²) in [7, 11) is 3.03. The van der Waals surface area contributed by atoms with Crippen LogP contribution in [-0.4, -0.2) is 38.9 Å². The number of nitrogens with zero attached hydrogens (tertiary/aromatic N) is 1. The lowest BCUT2D eigenvalue weighted by molar-refractivity contribution is -0.154. The number of rotatable bonds is 7. The standard InChI is InChI=1S/C19H21NO4/c1-22-16-10-8-15(9-11-16)20-12-17(20)18(19(21)23-2)24-13-14-6-4-3-5-7-14/h3-11,17-18H,12-13H2,1-2H3/t17-,18+,20?/m0/s1. The Hall–Kier alpha value is -2.53. The van der Waals surface area contributed by atoms with Crippen molar-refractivity contribution in [2.75, 3.05) is 25.7 Å². The highest BCUT2D eigenvalue weighted by molar-refractivity contribution is 5.78. The van der Waals surface area contributed by atoms with Crippen molar-refractivity contribution in [3.8, 4) is 5.75 Å². The lowest BCUT2D eigenvalue weighted by Crippen LogP contribution is -2.33. The number of anilines is 1. The molecule has 1 aliphatic heterocycles. The zero-order valence-corrected chi connectivity index (χ0v) is 13.8. The summed E-state index contributed by atoms with van der Waals surface area (Å²) in [6, 6.07) is 17.6. The second kappa shape index (κ2) is 7.36. The summed E-state index contributed by atoms with van der Waals surface area (Å²) in [5, 5.41) is 0. The van der Waals surface area contributed by atoms with Crippen LogP contribution in [0.1, 0.15) is 5.56 Å². The van der Waals surface area contributed by atoms with E-state index in [4.69, 9.17) is 14.2 Å². The maximum absolute atomic E-state index is 12.1. The first-order chi connectivity index (χ1) is 11.7. The van der Waals surface area contributed by atoms with Crippen LogP contribution in [-0.2, 0) is 20.9 Å². The SMILES string of the molecule is COC(=O)[C@H](OCc1ccccc1)[C@@H]1CN1c1ccc(OC)cc1. The predicted molar refractivity (Wildman–Crippen MR) is 91.2 cm³/mol. The molecule has 2 atom stereocenters. The predicted octanol–water partition coefficient (Wildman–Crippen LogP) is 2.64. The quantitative estimate of drug-likeness (QED) is 0.578. The van der Waals surface area contributed by atoms with Crippen molar-refractivity contribution >= 4 is 11.7 Å². The minimum atomic E-state index is -0.600. The van der Waals surface area contributed by atoms with Gasteiger partial charge >= 0.3 is 5.97 Å². The molecular weight excluding hydrogens is 306 g/mol. The molecule has 3 rings (SSSR count). The molecule has 5 heteroatoms. The molecule has 1 aliphatic rings. The molecule has 0 radical (unpaired) electrons. The molecular formula is C19H21NO4. The first kappa shape index (κ1) is 16.3. The van der Waals surface area contributed by atoms with Crippen LogP contribution in [0, 0.1) is 0 Å². The number of hydrogen-bond acceptors (Lipinski definition) is 5. The van der Waals surface area contributed by atoms with Gasteiger partial charge in [0.05, 0.1) is 26.9 Å². The Bertz CT molecular complexity index is 672. The molecule has 0 bridgehead atoms. The summed E-state index contributed by atoms with van der Waals surface area (Å²) in [6.45, 7) is 1.15. The fraction of sp³-hybridized carbons (Fsp3) is 0.316. The fourth-order valence-corrected chi connectivity index (χ4v) is 2.70. The molecule has 0 amide bonds. The highest BCUT2D eigenvalue weighted by atomic mass is 16.6. The molecule has 2 aromatic rings. The Morgan fingerprint density at radius 2 is 1.83 bits per heavy atom. The third-order valence-corrected chi connectivity index (χ3v) is 4.11. The van der Waals surface area contributed by atoms with E-state index in [1.54, 1.807) is 7.11 Å². The van der Waals surface area contributed by atoms with E-state index < -0.39 is 6.10 Å². The first-order valence-corrected chi connectivity index (χ1v) is 7.87. The number of carbonyl (C=O) groups excluding carboxylic acids is 1. The van der Waals surface area contributed by atoms with E-state index in [-0.39, 0.29) is 12.0 Å². The van der Waals surface area contributed by atoms with Crippen molar-refractivity contribution in [2.45, 2.75) is 18.8 Å². The zero-order valence-electron chi connectivity index (χ0n) is 13.8. The Balaban J connectivity index is 1.65. The van der Waals surface area contributed by atoms with Gasteiger partial charge in [0.2, 0.25) is 0 Å². The smallest absolute Gasteiger partial charge is 0.337 e. The number of esters is 1. The van der Waals surface area contributed by atoms with Crippen molar-refractivity contribution in [2.24, 2.45) is 0 Å². The maximum atomic E-state index is 12.1. The Kier molecular flexibility index (Phi) is 5.01. The van der Waals surface area contributed by atoms with Crippen LogP contribution < -0.4 is 9.64 Å². The fourth-order valence-electron chi connectivity index (χ4n) is 2.70. The summed E-state index contributed by atoms with van der Waals surface area (Å²) in [5.74, 6) is 0.467. The van der Waals surface area contributed by atoms with Crippen LogP contribution >= 0.6 is 0 Å². The van der Waals surface area contributed by atoms with E-state index in [0.717, 1.165) is 23.5 Å². The maximum Gasteiger partial charge on any atom is 0.337 e. The van der Waals surface area contributed by atoms with Gasteiger partial charge < -0.3 is 19.1 Å². The first-order valence-electron chi connectivity index (χ1n) is 7.87. The van der Waals surface area contributed by atoms with Crippen LogP contribution in [0.15, 0.2) is 54.6 Å². The summed E-state index contributed by atoms with van der Waals surface area (Å²) < 4.78 is 15.9. The molecule has 1 fully saturated rings. The molecule has 0 unspecified atom stereocenters. The van der Waals surface area contributed by atoms with Gasteiger partial charge in [-0.1, -0.05) is 30.3 Å². The van der Waals surface area contributed by atoms with Gasteiger partial charge in [-0.25, -0.2) is 4.79 Å². The van der Waals surface area contributed by atoms with Gasteiger partial charge in [0, 0.05) is 12.2 Å². The minimum absolute atomic E-state index is 0.00504. The van der Waals surface area contributed by atoms with Crippen molar-refractivity contribution in [3.05, 3.63) is 60.2 Å². The largest absolute Gasteiger partial charge is 0.497 e. The lowest BCUT2D eigenvalue weighted by Gasteiger charge is -2.16. The number of methoxy groups -OCH3 is 2. The summed E-state index contributed by atoms with van der Waals surface area (Å²) in [5.41, 5.74) is 2.07. The number of carbonyl (C=O) groups is 1. The van der Waals surface area contributed by atoms with E-state index in [0.29, 0.717) is 6.61 Å². The molecule has 0 aromatic heterocycles. The topological polar surface area (TPSA) is 47.8 Å². The molecule has 0 aliphatic carbocycles. The van der Waals surface area contributed by atoms with Gasteiger partial charge in [-0.2, -0.15) is 0 Å². The van der Waals surface area contributed by atoms with Crippen LogP contribution in [0.5, 0.6) is 5.75 Å². The van der Waals surface area contributed by atoms with Crippen molar-refractivity contribution in [1.29, 1.82) is 0 Å². The molecule has 2 aromatic carbocycles. The summed E-state index contributed by atoms with van der Waals surface area (Å²) >= 11 is 0. The van der Waals surface area contributed by atoms with Crippen LogP contribution in [0.25, 0.3) is 0 Å². The van der Waals surface area contributed by atoms with E-state index in [2.05, 4.69) is 4.90 Å². The van der Waals surface area contributed by atoms with E-state index in [9.17, 15) is 4.79 Å². The molecule has 1 saturated heterocycles. The van der Waals surface area contributed by atoms with Gasteiger partial charge in [-0.05, 0) is 29.8 Å². The minimum Gasteiger partial charge on any atom is -0.497 e. The Morgan fingerprint density at radius 3 is 2.46 bits per heavy atom. The van der Waals surface area contributed by atoms with Crippen LogP contribution in [0.2, 0.25) is 0 Å². The molecule has 0 N–H and O–H groups in total. The molecule has 0 spiro atoms. The average molecular weight is 327 g/mol. The summed E-state index contributed by atoms with van der Waals surface area (Å²) in [6.07, 6.45) is -0.600. The summed E-state index contributed by atoms with van der Waals surface area (Å²) in [4.78, 5) is 14.2. The van der Waals surface area contributed by atoms with Crippen molar-refractivity contribution < 1.29 is 19.0 Å². The second-order valence-corrected chi connectivity index (χ2v) is 5.66. The molecule has 24 heavy (non-hydrogen) atoms. The molecule has 5 nitrogen and oxygen atoms in total. The van der Waals surface area contributed by atoms with Gasteiger partial charge in [0.1, 0.15) is 5.75 Å². The highest BCUT2D eigenvalue weighted by Crippen LogP contribution is 2.32. The van der Waals surface area contributed by atoms with Gasteiger partial charge in [0.25, 0.3) is 0 Å². The number of benzene rings is 2. The monoisotopic (exact) mass is 327 g/mol. The van der Waals surface area contributed by atoms with E-state index in [1.807, 2.05) is 54.6 Å². The van der Waals surface area contributed by atoms with Gasteiger partial charge in [-0.15, -0.1) is 0 Å². The third-order valence-electron chi connectivity index (χ3n) is 4.11. The van der Waals surface area contributed by atoms with Crippen LogP contribution in [0.4, 0.5) is 5.69 Å². The van der Waals surface area contributed by atoms with E-state index >= 15 is 0 Å². The molecule has 0 saturated carbocycles.